The zero-order valence-corrected chi connectivity index (χ0v) is 18.4. The average Bonchev–Trinajstić information content (AvgIpc) is 3.27. The Labute approximate surface area is 176 Å². The Kier molecular flexibility index (Phi) is 6.00. The Hall–Kier alpha value is -1.78. The molecule has 9 nitrogen and oxygen atoms in total. The molecule has 0 saturated carbocycles. The number of aromatic amines is 1. The standard InChI is InChI=1S/C20H30N4O5S/c1-13(2)30(27,28)23-10-8-14-15(12-23)21-18(22-19(14)25)16-6-3-4-9-24(16)20(26)17-7-5-11-29-17/h13,16-17H,3-12H2,1-2H3,(H,21,22,25). The van der Waals surface area contributed by atoms with Crippen LogP contribution in [0.1, 0.15) is 69.1 Å². The molecule has 0 bridgehead atoms. The van der Waals surface area contributed by atoms with E-state index < -0.39 is 21.4 Å². The van der Waals surface area contributed by atoms with Crippen LogP contribution in [0.25, 0.3) is 0 Å². The normalized spacial score (nSPS) is 25.5. The van der Waals surface area contributed by atoms with Gasteiger partial charge in [-0.05, 0) is 52.4 Å². The second-order valence-corrected chi connectivity index (χ2v) is 11.1. The summed E-state index contributed by atoms with van der Waals surface area (Å²) >= 11 is 0. The fourth-order valence-corrected chi connectivity index (χ4v) is 5.79. The van der Waals surface area contributed by atoms with Gasteiger partial charge in [-0.15, -0.1) is 0 Å². The molecular weight excluding hydrogens is 408 g/mol. The zero-order chi connectivity index (χ0) is 21.5. The molecule has 166 valence electrons. The highest BCUT2D eigenvalue weighted by Crippen LogP contribution is 2.31. The molecule has 1 N–H and O–H groups in total. The molecule has 1 aromatic rings. The van der Waals surface area contributed by atoms with E-state index >= 15 is 0 Å². The summed E-state index contributed by atoms with van der Waals surface area (Å²) in [5.41, 5.74) is 0.813. The van der Waals surface area contributed by atoms with Crippen molar-refractivity contribution in [1.29, 1.82) is 0 Å². The molecule has 0 aliphatic carbocycles. The van der Waals surface area contributed by atoms with Crippen LogP contribution in [0.3, 0.4) is 0 Å². The predicted octanol–water partition coefficient (Wildman–Crippen LogP) is 1.10. The molecule has 4 rings (SSSR count). The van der Waals surface area contributed by atoms with Crippen LogP contribution in [-0.2, 0) is 32.5 Å². The zero-order valence-electron chi connectivity index (χ0n) is 17.6. The van der Waals surface area contributed by atoms with Crippen molar-refractivity contribution in [3.63, 3.8) is 0 Å². The number of aromatic nitrogens is 2. The number of carbonyl (C=O) groups is 1. The molecule has 30 heavy (non-hydrogen) atoms. The third-order valence-electron chi connectivity index (χ3n) is 6.32. The number of sulfonamides is 1. The number of nitrogens with one attached hydrogen (secondary N) is 1. The molecule has 10 heteroatoms. The monoisotopic (exact) mass is 438 g/mol. The van der Waals surface area contributed by atoms with Crippen LogP contribution in [-0.4, -0.2) is 64.5 Å². The molecule has 2 fully saturated rings. The summed E-state index contributed by atoms with van der Waals surface area (Å²) in [4.78, 5) is 35.1. The number of rotatable bonds is 4. The Bertz CT molecular complexity index is 968. The number of ether oxygens (including phenoxy) is 1. The van der Waals surface area contributed by atoms with Crippen molar-refractivity contribution >= 4 is 15.9 Å². The number of nitrogens with zero attached hydrogens (tertiary/aromatic N) is 3. The predicted molar refractivity (Wildman–Crippen MR) is 110 cm³/mol. The van der Waals surface area contributed by atoms with Crippen molar-refractivity contribution in [1.82, 2.24) is 19.2 Å². The summed E-state index contributed by atoms with van der Waals surface area (Å²) in [6, 6.07) is -0.314. The minimum atomic E-state index is -3.43. The first-order valence-electron chi connectivity index (χ1n) is 10.8. The van der Waals surface area contributed by atoms with Crippen molar-refractivity contribution in [2.24, 2.45) is 0 Å². The van der Waals surface area contributed by atoms with Gasteiger partial charge in [0.25, 0.3) is 11.5 Å². The van der Waals surface area contributed by atoms with Crippen LogP contribution in [0, 0.1) is 0 Å². The van der Waals surface area contributed by atoms with Gasteiger partial charge in [-0.3, -0.25) is 9.59 Å². The minimum absolute atomic E-state index is 0.0402. The lowest BCUT2D eigenvalue weighted by molar-refractivity contribution is -0.145. The lowest BCUT2D eigenvalue weighted by atomic mass is 9.99. The molecule has 0 aromatic carbocycles. The van der Waals surface area contributed by atoms with E-state index in [0.717, 1.165) is 25.7 Å². The highest BCUT2D eigenvalue weighted by molar-refractivity contribution is 7.89. The second kappa shape index (κ2) is 8.39. The summed E-state index contributed by atoms with van der Waals surface area (Å²) < 4.78 is 32.2. The maximum absolute atomic E-state index is 13.0. The highest BCUT2D eigenvalue weighted by atomic mass is 32.2. The van der Waals surface area contributed by atoms with E-state index in [1.54, 1.807) is 18.7 Å². The van der Waals surface area contributed by atoms with Gasteiger partial charge in [-0.25, -0.2) is 13.4 Å². The number of fused-ring (bicyclic) bond motifs is 1. The quantitative estimate of drug-likeness (QED) is 0.753. The van der Waals surface area contributed by atoms with E-state index in [4.69, 9.17) is 4.74 Å². The maximum Gasteiger partial charge on any atom is 0.254 e. The molecule has 0 spiro atoms. The largest absolute Gasteiger partial charge is 0.368 e. The molecule has 0 radical (unpaired) electrons. The van der Waals surface area contributed by atoms with Gasteiger partial charge in [0.05, 0.1) is 23.5 Å². The van der Waals surface area contributed by atoms with Gasteiger partial charge < -0.3 is 14.6 Å². The molecule has 1 aromatic heterocycles. The third-order valence-corrected chi connectivity index (χ3v) is 8.54. The van der Waals surface area contributed by atoms with E-state index in [9.17, 15) is 18.0 Å². The number of carbonyl (C=O) groups excluding carboxylic acids is 1. The van der Waals surface area contributed by atoms with Crippen molar-refractivity contribution in [3.8, 4) is 0 Å². The van der Waals surface area contributed by atoms with Crippen LogP contribution in [0.5, 0.6) is 0 Å². The second-order valence-electron chi connectivity index (χ2n) is 8.60. The van der Waals surface area contributed by atoms with Crippen LogP contribution in [0.4, 0.5) is 0 Å². The van der Waals surface area contributed by atoms with E-state index in [2.05, 4.69) is 9.97 Å². The van der Waals surface area contributed by atoms with Crippen LogP contribution in [0.15, 0.2) is 4.79 Å². The number of H-pyrrole nitrogens is 1. The molecule has 3 aliphatic heterocycles. The Morgan fingerprint density at radius 3 is 2.70 bits per heavy atom. The number of likely N-dealkylation sites (tertiary alicyclic amines) is 1. The Balaban J connectivity index is 1.64. The summed E-state index contributed by atoms with van der Waals surface area (Å²) in [5.74, 6) is 0.412. The molecule has 2 unspecified atom stereocenters. The van der Waals surface area contributed by atoms with Crippen molar-refractivity contribution < 1.29 is 17.9 Å². The summed E-state index contributed by atoms with van der Waals surface area (Å²) in [5, 5.41) is -0.529. The Morgan fingerprint density at radius 2 is 2.00 bits per heavy atom. The number of hydrogen-bond acceptors (Lipinski definition) is 6. The summed E-state index contributed by atoms with van der Waals surface area (Å²) in [6.07, 6.45) is 4.09. The Morgan fingerprint density at radius 1 is 1.20 bits per heavy atom. The van der Waals surface area contributed by atoms with E-state index in [0.29, 0.717) is 43.1 Å². The minimum Gasteiger partial charge on any atom is -0.368 e. The van der Waals surface area contributed by atoms with Crippen LogP contribution < -0.4 is 5.56 Å². The summed E-state index contributed by atoms with van der Waals surface area (Å²) in [7, 11) is -3.43. The van der Waals surface area contributed by atoms with Gasteiger partial charge in [0.1, 0.15) is 11.9 Å². The molecule has 1 amide bonds. The van der Waals surface area contributed by atoms with E-state index in [-0.39, 0.29) is 30.6 Å². The maximum atomic E-state index is 13.0. The van der Waals surface area contributed by atoms with Gasteiger partial charge in [-0.1, -0.05) is 0 Å². The first-order valence-corrected chi connectivity index (χ1v) is 12.3. The lowest BCUT2D eigenvalue weighted by Crippen LogP contribution is -2.46. The molecule has 3 aliphatic rings. The number of hydrogen-bond donors (Lipinski definition) is 1. The third kappa shape index (κ3) is 3.92. The smallest absolute Gasteiger partial charge is 0.254 e. The van der Waals surface area contributed by atoms with Crippen molar-refractivity contribution in [2.45, 2.75) is 76.3 Å². The fourth-order valence-electron chi connectivity index (χ4n) is 4.55. The van der Waals surface area contributed by atoms with Crippen molar-refractivity contribution in [2.75, 3.05) is 19.7 Å². The molecule has 2 atom stereocenters. The topological polar surface area (TPSA) is 113 Å². The number of amides is 1. The van der Waals surface area contributed by atoms with Gasteiger partial charge in [-0.2, -0.15) is 4.31 Å². The van der Waals surface area contributed by atoms with Crippen molar-refractivity contribution in [3.05, 3.63) is 27.4 Å². The van der Waals surface area contributed by atoms with E-state index in [1.165, 1.54) is 4.31 Å². The fraction of sp³-hybridized carbons (Fsp3) is 0.750. The SMILES string of the molecule is CC(C)S(=O)(=O)N1CCc2c(nc(C3CCCCN3C(=O)C3CCCO3)[nH]c2=O)C1. The highest BCUT2D eigenvalue weighted by Gasteiger charge is 2.37. The van der Waals surface area contributed by atoms with Gasteiger partial charge in [0.15, 0.2) is 0 Å². The van der Waals surface area contributed by atoms with Gasteiger partial charge >= 0.3 is 0 Å². The van der Waals surface area contributed by atoms with Crippen LogP contribution >= 0.6 is 0 Å². The molecule has 4 heterocycles. The summed E-state index contributed by atoms with van der Waals surface area (Å²) in [6.45, 7) is 4.89. The van der Waals surface area contributed by atoms with Gasteiger partial charge in [0, 0.05) is 25.3 Å². The number of piperidine rings is 1. The lowest BCUT2D eigenvalue weighted by Gasteiger charge is -2.37. The first kappa shape index (κ1) is 21.5. The molecular formula is C20H30N4O5S. The van der Waals surface area contributed by atoms with E-state index in [1.807, 2.05) is 0 Å². The van der Waals surface area contributed by atoms with Crippen LogP contribution in [0.2, 0.25) is 0 Å². The first-order chi connectivity index (χ1) is 14.3. The average molecular weight is 439 g/mol. The molecule has 2 saturated heterocycles. The van der Waals surface area contributed by atoms with Gasteiger partial charge in [0.2, 0.25) is 10.0 Å².